The van der Waals surface area contributed by atoms with Crippen LogP contribution < -0.4 is 5.73 Å². The second-order valence-electron chi connectivity index (χ2n) is 4.54. The van der Waals surface area contributed by atoms with Gasteiger partial charge in [-0.25, -0.2) is 9.97 Å². The summed E-state index contributed by atoms with van der Waals surface area (Å²) in [5.41, 5.74) is 10.5. The van der Waals surface area contributed by atoms with E-state index < -0.39 is 0 Å². The van der Waals surface area contributed by atoms with E-state index in [0.29, 0.717) is 10.8 Å². The average Bonchev–Trinajstić information content (AvgIpc) is 2.39. The highest BCUT2D eigenvalue weighted by atomic mass is 35.5. The molecular formula is C15H18ClN3. The first-order chi connectivity index (χ1) is 9.06. The van der Waals surface area contributed by atoms with Crippen molar-refractivity contribution in [3.05, 3.63) is 40.2 Å². The monoisotopic (exact) mass is 275 g/mol. The summed E-state index contributed by atoms with van der Waals surface area (Å²) in [6.45, 7) is 6.08. The lowest BCUT2D eigenvalue weighted by molar-refractivity contribution is 0.952. The van der Waals surface area contributed by atoms with E-state index in [-0.39, 0.29) is 0 Å². The number of aryl methyl sites for hydroxylation is 3. The Morgan fingerprint density at radius 1 is 1.11 bits per heavy atom. The molecule has 1 aromatic carbocycles. The van der Waals surface area contributed by atoms with Crippen molar-refractivity contribution in [2.45, 2.75) is 33.6 Å². The molecule has 0 amide bonds. The average molecular weight is 276 g/mol. The lowest BCUT2D eigenvalue weighted by Crippen LogP contribution is -2.06. The molecule has 0 aliphatic carbocycles. The van der Waals surface area contributed by atoms with Crippen LogP contribution >= 0.6 is 11.6 Å². The van der Waals surface area contributed by atoms with Gasteiger partial charge in [0.05, 0.1) is 22.1 Å². The van der Waals surface area contributed by atoms with E-state index in [1.165, 1.54) is 0 Å². The lowest BCUT2D eigenvalue weighted by atomic mass is 10.1. The van der Waals surface area contributed by atoms with E-state index in [0.717, 1.165) is 41.1 Å². The Balaban J connectivity index is 2.66. The van der Waals surface area contributed by atoms with Gasteiger partial charge in [-0.3, -0.25) is 0 Å². The highest BCUT2D eigenvalue weighted by Gasteiger charge is 2.14. The van der Waals surface area contributed by atoms with Crippen LogP contribution in [0.15, 0.2) is 18.2 Å². The molecule has 1 aromatic heterocycles. The van der Waals surface area contributed by atoms with Crippen LogP contribution in [0.4, 0.5) is 5.82 Å². The van der Waals surface area contributed by atoms with Crippen molar-refractivity contribution in [1.29, 1.82) is 0 Å². The van der Waals surface area contributed by atoms with E-state index in [1.807, 2.05) is 39.0 Å². The summed E-state index contributed by atoms with van der Waals surface area (Å²) in [6.07, 6.45) is 1.54. The predicted molar refractivity (Wildman–Crippen MR) is 80.4 cm³/mol. The Labute approximate surface area is 118 Å². The molecule has 0 aliphatic rings. The Morgan fingerprint density at radius 2 is 1.79 bits per heavy atom. The van der Waals surface area contributed by atoms with E-state index in [2.05, 4.69) is 9.97 Å². The molecule has 1 heterocycles. The second-order valence-corrected chi connectivity index (χ2v) is 4.95. The first-order valence-corrected chi connectivity index (χ1v) is 6.86. The third kappa shape index (κ3) is 2.71. The van der Waals surface area contributed by atoms with Gasteiger partial charge in [0.1, 0.15) is 5.82 Å². The molecule has 19 heavy (non-hydrogen) atoms. The van der Waals surface area contributed by atoms with Gasteiger partial charge in [-0.2, -0.15) is 0 Å². The molecule has 0 fully saturated rings. The molecule has 2 rings (SSSR count). The number of nitrogens with two attached hydrogens (primary N) is 1. The quantitative estimate of drug-likeness (QED) is 0.927. The van der Waals surface area contributed by atoms with Crippen LogP contribution in [0, 0.1) is 6.92 Å². The number of halogens is 1. The third-order valence-electron chi connectivity index (χ3n) is 3.12. The van der Waals surface area contributed by atoms with Crippen LogP contribution in [0.25, 0.3) is 11.3 Å². The van der Waals surface area contributed by atoms with Crippen molar-refractivity contribution in [3.63, 3.8) is 0 Å². The molecule has 0 spiro atoms. The number of rotatable bonds is 3. The standard InChI is InChI=1S/C15H18ClN3/c1-4-12-14(18-13(5-2)15(17)19-12)10-7-6-9(3)8-11(10)16/h6-8H,4-5H2,1-3H3,(H2,17,19). The molecule has 2 N–H and O–H groups in total. The number of nitrogen functional groups attached to an aromatic ring is 1. The molecule has 0 aliphatic heterocycles. The number of hydrogen-bond acceptors (Lipinski definition) is 3. The number of benzene rings is 1. The van der Waals surface area contributed by atoms with Crippen LogP contribution in [-0.2, 0) is 12.8 Å². The van der Waals surface area contributed by atoms with Crippen LogP contribution in [0.1, 0.15) is 30.8 Å². The fourth-order valence-corrected chi connectivity index (χ4v) is 2.38. The Morgan fingerprint density at radius 3 is 2.37 bits per heavy atom. The lowest BCUT2D eigenvalue weighted by Gasteiger charge is -2.12. The molecule has 4 heteroatoms. The fourth-order valence-electron chi connectivity index (χ4n) is 2.05. The van der Waals surface area contributed by atoms with E-state index >= 15 is 0 Å². The highest BCUT2D eigenvalue weighted by molar-refractivity contribution is 6.33. The minimum atomic E-state index is 0.520. The highest BCUT2D eigenvalue weighted by Crippen LogP contribution is 2.30. The zero-order valence-electron chi connectivity index (χ0n) is 11.5. The third-order valence-corrected chi connectivity index (χ3v) is 3.43. The number of nitrogens with zero attached hydrogens (tertiary/aromatic N) is 2. The summed E-state index contributed by atoms with van der Waals surface area (Å²) in [4.78, 5) is 9.11. The predicted octanol–water partition coefficient (Wildman–Crippen LogP) is 3.81. The molecule has 0 radical (unpaired) electrons. The summed E-state index contributed by atoms with van der Waals surface area (Å²) >= 11 is 6.33. The Hall–Kier alpha value is -1.61. The molecule has 0 saturated heterocycles. The van der Waals surface area contributed by atoms with Crippen LogP contribution in [-0.4, -0.2) is 9.97 Å². The van der Waals surface area contributed by atoms with Gasteiger partial charge < -0.3 is 5.73 Å². The maximum atomic E-state index is 6.33. The van der Waals surface area contributed by atoms with Crippen LogP contribution in [0.2, 0.25) is 5.02 Å². The molecule has 2 aromatic rings. The van der Waals surface area contributed by atoms with Gasteiger partial charge in [-0.15, -0.1) is 0 Å². The number of hydrogen-bond donors (Lipinski definition) is 1. The van der Waals surface area contributed by atoms with Crippen molar-refractivity contribution >= 4 is 17.4 Å². The van der Waals surface area contributed by atoms with Crippen molar-refractivity contribution in [2.24, 2.45) is 0 Å². The zero-order valence-corrected chi connectivity index (χ0v) is 12.3. The minimum Gasteiger partial charge on any atom is -0.382 e. The maximum absolute atomic E-state index is 6.33. The van der Waals surface area contributed by atoms with Gasteiger partial charge in [0.25, 0.3) is 0 Å². The summed E-state index contributed by atoms with van der Waals surface area (Å²) < 4.78 is 0. The Bertz CT molecular complexity index is 609. The van der Waals surface area contributed by atoms with Gasteiger partial charge in [-0.1, -0.05) is 37.6 Å². The zero-order chi connectivity index (χ0) is 14.0. The van der Waals surface area contributed by atoms with Gasteiger partial charge in [0.2, 0.25) is 0 Å². The Kier molecular flexibility index (Phi) is 4.05. The smallest absolute Gasteiger partial charge is 0.145 e. The maximum Gasteiger partial charge on any atom is 0.145 e. The molecule has 0 bridgehead atoms. The molecule has 3 nitrogen and oxygen atoms in total. The number of anilines is 1. The summed E-state index contributed by atoms with van der Waals surface area (Å²) in [5.74, 6) is 0.520. The van der Waals surface area contributed by atoms with Crippen molar-refractivity contribution in [2.75, 3.05) is 5.73 Å². The van der Waals surface area contributed by atoms with Gasteiger partial charge in [-0.05, 0) is 31.4 Å². The minimum absolute atomic E-state index is 0.520. The first kappa shape index (κ1) is 13.8. The summed E-state index contributed by atoms with van der Waals surface area (Å²) in [5, 5.41) is 0.704. The van der Waals surface area contributed by atoms with E-state index in [4.69, 9.17) is 17.3 Å². The molecule has 0 atom stereocenters. The van der Waals surface area contributed by atoms with Gasteiger partial charge in [0.15, 0.2) is 0 Å². The molecule has 0 saturated carbocycles. The molecular weight excluding hydrogens is 258 g/mol. The van der Waals surface area contributed by atoms with Crippen molar-refractivity contribution in [3.8, 4) is 11.3 Å². The van der Waals surface area contributed by atoms with Crippen molar-refractivity contribution < 1.29 is 0 Å². The fraction of sp³-hybridized carbons (Fsp3) is 0.333. The molecule has 0 unspecified atom stereocenters. The number of aromatic nitrogens is 2. The van der Waals surface area contributed by atoms with Crippen LogP contribution in [0.5, 0.6) is 0 Å². The van der Waals surface area contributed by atoms with Crippen LogP contribution in [0.3, 0.4) is 0 Å². The topological polar surface area (TPSA) is 51.8 Å². The first-order valence-electron chi connectivity index (χ1n) is 6.48. The molecule has 100 valence electrons. The SMILES string of the molecule is CCc1nc(-c2ccc(C)cc2Cl)c(CC)nc1N. The normalized spacial score (nSPS) is 10.7. The van der Waals surface area contributed by atoms with Gasteiger partial charge in [0, 0.05) is 5.56 Å². The summed E-state index contributed by atoms with van der Waals surface area (Å²) in [6, 6.07) is 5.97. The van der Waals surface area contributed by atoms with Gasteiger partial charge >= 0.3 is 0 Å². The van der Waals surface area contributed by atoms with E-state index in [1.54, 1.807) is 0 Å². The largest absolute Gasteiger partial charge is 0.382 e. The summed E-state index contributed by atoms with van der Waals surface area (Å²) in [7, 11) is 0. The second kappa shape index (κ2) is 5.57. The van der Waals surface area contributed by atoms with Crippen molar-refractivity contribution in [1.82, 2.24) is 9.97 Å². The van der Waals surface area contributed by atoms with E-state index in [9.17, 15) is 0 Å².